The number of aromatic nitrogens is 4. The molecule has 0 radical (unpaired) electrons. The minimum atomic E-state index is -5.18. The van der Waals surface area contributed by atoms with Crippen LogP contribution in [0.4, 0.5) is 57.8 Å². The molecule has 1 N–H and O–H groups in total. The van der Waals surface area contributed by atoms with Gasteiger partial charge >= 0.3 is 24.7 Å². The molecule has 0 aliphatic carbocycles. The lowest BCUT2D eigenvalue weighted by Gasteiger charge is -2.15. The molecule has 3 aromatic carbocycles. The monoisotopic (exact) mass is 682 g/mol. The smallest absolute Gasteiger partial charge is 0.252 e. The molecule has 0 aliphatic heterocycles. The van der Waals surface area contributed by atoms with Gasteiger partial charge in [0.25, 0.3) is 0 Å². The largest absolute Gasteiger partial charge is 0.416 e. The number of para-hydroxylation sites is 1. The molecule has 0 spiro atoms. The van der Waals surface area contributed by atoms with Gasteiger partial charge in [0.2, 0.25) is 5.13 Å². The molecular formula is C27H14F12N6S. The number of anilines is 1. The summed E-state index contributed by atoms with van der Waals surface area (Å²) in [4.78, 5) is 3.92. The number of nitrogens with one attached hydrogen (secondary N) is 1. The SMILES string of the molecule is FC(F)(F)c1cc(/C(Cn2nnc3ccccc32)=N\Nc2nc(-c3cc(C(F)(F)F)cc(C(F)(F)F)c3)cs2)cc(C(F)(F)F)c1. The number of nitrogens with zero attached hydrogens (tertiary/aromatic N) is 5. The van der Waals surface area contributed by atoms with Gasteiger partial charge in [-0.2, -0.15) is 57.8 Å². The molecule has 0 saturated carbocycles. The van der Waals surface area contributed by atoms with E-state index in [-0.39, 0.29) is 23.0 Å². The number of hydrogen-bond donors (Lipinski definition) is 1. The molecule has 46 heavy (non-hydrogen) atoms. The molecule has 242 valence electrons. The molecule has 5 aromatic rings. The van der Waals surface area contributed by atoms with Gasteiger partial charge in [-0.1, -0.05) is 17.3 Å². The molecule has 0 atom stereocenters. The van der Waals surface area contributed by atoms with Gasteiger partial charge in [-0.05, 0) is 48.5 Å². The van der Waals surface area contributed by atoms with E-state index in [0.717, 1.165) is 10.1 Å². The zero-order valence-corrected chi connectivity index (χ0v) is 23.1. The minimum Gasteiger partial charge on any atom is -0.252 e. The lowest BCUT2D eigenvalue weighted by atomic mass is 10.0. The molecule has 2 heterocycles. The maximum atomic E-state index is 13.6. The fourth-order valence-electron chi connectivity index (χ4n) is 4.16. The third-order valence-electron chi connectivity index (χ3n) is 6.31. The number of hydrogen-bond acceptors (Lipinski definition) is 6. The Balaban J connectivity index is 1.57. The number of benzene rings is 3. The summed E-state index contributed by atoms with van der Waals surface area (Å²) >= 11 is 0.647. The summed E-state index contributed by atoms with van der Waals surface area (Å²) in [7, 11) is 0. The molecule has 0 saturated heterocycles. The van der Waals surface area contributed by atoms with Crippen LogP contribution in [0.15, 0.2) is 71.1 Å². The van der Waals surface area contributed by atoms with Gasteiger partial charge in [-0.15, -0.1) is 16.4 Å². The third kappa shape index (κ3) is 7.24. The van der Waals surface area contributed by atoms with Crippen LogP contribution in [0.3, 0.4) is 0 Å². The van der Waals surface area contributed by atoms with Crippen LogP contribution < -0.4 is 5.43 Å². The van der Waals surface area contributed by atoms with Crippen LogP contribution in [0.5, 0.6) is 0 Å². The van der Waals surface area contributed by atoms with Crippen LogP contribution in [0.25, 0.3) is 22.3 Å². The summed E-state index contributed by atoms with van der Waals surface area (Å²) in [6, 6.07) is 7.90. The van der Waals surface area contributed by atoms with Crippen LogP contribution in [-0.4, -0.2) is 25.7 Å². The highest BCUT2D eigenvalue weighted by Crippen LogP contribution is 2.40. The van der Waals surface area contributed by atoms with Crippen LogP contribution in [0, 0.1) is 0 Å². The average molecular weight is 682 g/mol. The van der Waals surface area contributed by atoms with Crippen molar-refractivity contribution in [1.82, 2.24) is 20.0 Å². The zero-order chi connectivity index (χ0) is 33.7. The first-order chi connectivity index (χ1) is 21.3. The van der Waals surface area contributed by atoms with Gasteiger partial charge in [0.1, 0.15) is 5.52 Å². The average Bonchev–Trinajstić information content (AvgIpc) is 3.60. The van der Waals surface area contributed by atoms with Crippen molar-refractivity contribution in [3.63, 3.8) is 0 Å². The summed E-state index contributed by atoms with van der Waals surface area (Å²) in [6.45, 7) is -0.521. The Hall–Kier alpha value is -4.68. The lowest BCUT2D eigenvalue weighted by Crippen LogP contribution is -2.18. The van der Waals surface area contributed by atoms with Crippen molar-refractivity contribution in [3.8, 4) is 11.3 Å². The van der Waals surface area contributed by atoms with E-state index in [2.05, 4.69) is 25.8 Å². The van der Waals surface area contributed by atoms with E-state index in [9.17, 15) is 52.7 Å². The molecule has 0 fully saturated rings. The molecule has 19 heteroatoms. The summed E-state index contributed by atoms with van der Waals surface area (Å²) in [5.41, 5.74) is -5.38. The maximum Gasteiger partial charge on any atom is 0.416 e. The number of alkyl halides is 12. The molecule has 0 amide bonds. The summed E-state index contributed by atoms with van der Waals surface area (Å²) in [6.07, 6.45) is -20.6. The summed E-state index contributed by atoms with van der Waals surface area (Å²) < 4.78 is 163. The normalized spacial score (nSPS) is 13.4. The molecular weight excluding hydrogens is 668 g/mol. The lowest BCUT2D eigenvalue weighted by molar-refractivity contribution is -0.144. The van der Waals surface area contributed by atoms with Gasteiger partial charge in [-0.25, -0.2) is 9.67 Å². The summed E-state index contributed by atoms with van der Waals surface area (Å²) in [5.74, 6) is 0. The first-order valence-electron chi connectivity index (χ1n) is 12.4. The van der Waals surface area contributed by atoms with E-state index in [0.29, 0.717) is 46.6 Å². The second-order valence-electron chi connectivity index (χ2n) is 9.53. The minimum absolute atomic E-state index is 0.0658. The summed E-state index contributed by atoms with van der Waals surface area (Å²) in [5, 5.41) is 12.5. The van der Waals surface area contributed by atoms with Crippen molar-refractivity contribution in [3.05, 3.63) is 93.9 Å². The number of halogens is 12. The van der Waals surface area contributed by atoms with Gasteiger partial charge in [0, 0.05) is 16.5 Å². The van der Waals surface area contributed by atoms with Gasteiger partial charge in [0.05, 0.1) is 45.7 Å². The third-order valence-corrected chi connectivity index (χ3v) is 7.06. The van der Waals surface area contributed by atoms with E-state index >= 15 is 0 Å². The van der Waals surface area contributed by atoms with E-state index in [4.69, 9.17) is 0 Å². The van der Waals surface area contributed by atoms with Crippen molar-refractivity contribution in [1.29, 1.82) is 0 Å². The van der Waals surface area contributed by atoms with Crippen molar-refractivity contribution >= 4 is 33.2 Å². The zero-order valence-electron chi connectivity index (χ0n) is 22.2. The van der Waals surface area contributed by atoms with E-state index in [1.54, 1.807) is 18.2 Å². The van der Waals surface area contributed by atoms with Gasteiger partial charge < -0.3 is 0 Å². The Kier molecular flexibility index (Phi) is 8.24. The van der Waals surface area contributed by atoms with Crippen molar-refractivity contribution in [2.45, 2.75) is 31.2 Å². The Morgan fingerprint density at radius 2 is 1.24 bits per heavy atom. The molecule has 0 bridgehead atoms. The van der Waals surface area contributed by atoms with E-state index in [1.807, 2.05) is 0 Å². The van der Waals surface area contributed by atoms with E-state index < -0.39 is 70.3 Å². The number of thiazole rings is 1. The van der Waals surface area contributed by atoms with Crippen molar-refractivity contribution in [2.24, 2.45) is 5.10 Å². The predicted molar refractivity (Wildman–Crippen MR) is 142 cm³/mol. The van der Waals surface area contributed by atoms with E-state index in [1.165, 1.54) is 6.07 Å². The van der Waals surface area contributed by atoms with Crippen LogP contribution in [-0.2, 0) is 31.2 Å². The highest BCUT2D eigenvalue weighted by Gasteiger charge is 2.38. The second-order valence-corrected chi connectivity index (χ2v) is 10.4. The highest BCUT2D eigenvalue weighted by molar-refractivity contribution is 7.14. The maximum absolute atomic E-state index is 13.6. The van der Waals surface area contributed by atoms with Crippen molar-refractivity contribution < 1.29 is 52.7 Å². The second kappa shape index (κ2) is 11.6. The molecule has 6 nitrogen and oxygen atoms in total. The van der Waals surface area contributed by atoms with Crippen LogP contribution >= 0.6 is 11.3 Å². The topological polar surface area (TPSA) is 68.0 Å². The fourth-order valence-corrected chi connectivity index (χ4v) is 4.83. The number of rotatable bonds is 6. The Bertz CT molecular complexity index is 1850. The quantitative estimate of drug-likeness (QED) is 0.110. The Morgan fingerprint density at radius 1 is 0.717 bits per heavy atom. The van der Waals surface area contributed by atoms with Crippen molar-refractivity contribution in [2.75, 3.05) is 5.43 Å². The fraction of sp³-hybridized carbons (Fsp3) is 0.185. The molecule has 0 aliphatic rings. The number of fused-ring (bicyclic) bond motifs is 1. The van der Waals surface area contributed by atoms with Gasteiger partial charge in [-0.3, -0.25) is 5.43 Å². The first-order valence-corrected chi connectivity index (χ1v) is 13.3. The Labute approximate surface area is 253 Å². The highest BCUT2D eigenvalue weighted by atomic mass is 32.1. The van der Waals surface area contributed by atoms with Gasteiger partial charge in [0.15, 0.2) is 0 Å². The molecule has 2 aromatic heterocycles. The first kappa shape index (κ1) is 32.7. The van der Waals surface area contributed by atoms with Crippen LogP contribution in [0.2, 0.25) is 0 Å². The predicted octanol–water partition coefficient (Wildman–Crippen LogP) is 9.15. The standard InChI is InChI=1S/C27H14F12N6S/c28-24(29,30)15-5-13(6-16(9-15)25(31,32)33)20(11-45-22-4-2-1-3-19(22)42-44-45)41-43-23-40-21(12-46-23)14-7-17(26(34,35)36)10-18(8-14)27(37,38)39/h1-10,12H,11H2,(H,40,43)/b41-20-. The van der Waals surface area contributed by atoms with Crippen LogP contribution in [0.1, 0.15) is 27.8 Å². The Morgan fingerprint density at radius 3 is 1.78 bits per heavy atom. The number of hydrazone groups is 1. The molecule has 5 rings (SSSR count). The molecule has 0 unspecified atom stereocenters.